The number of hydrogen-bond donors (Lipinski definition) is 2. The number of halogens is 7. The molecular formula is C30H32ClF6N5O3. The number of aromatic nitrogens is 1. The van der Waals surface area contributed by atoms with Crippen molar-refractivity contribution in [1.29, 1.82) is 0 Å². The van der Waals surface area contributed by atoms with E-state index in [4.69, 9.17) is 5.73 Å². The van der Waals surface area contributed by atoms with Gasteiger partial charge >= 0.3 is 12.4 Å². The van der Waals surface area contributed by atoms with Gasteiger partial charge in [-0.3, -0.25) is 19.3 Å². The Labute approximate surface area is 260 Å². The summed E-state index contributed by atoms with van der Waals surface area (Å²) < 4.78 is 81.3. The van der Waals surface area contributed by atoms with Crippen LogP contribution in [0.4, 0.5) is 26.3 Å². The highest BCUT2D eigenvalue weighted by molar-refractivity contribution is 5.95. The Morgan fingerprint density at radius 3 is 2.11 bits per heavy atom. The van der Waals surface area contributed by atoms with Crippen molar-refractivity contribution in [3.8, 4) is 0 Å². The molecule has 0 saturated carbocycles. The van der Waals surface area contributed by atoms with Gasteiger partial charge in [0.15, 0.2) is 0 Å². The summed E-state index contributed by atoms with van der Waals surface area (Å²) in [5, 5.41) is 0.865. The molecule has 2 saturated heterocycles. The number of alkyl halides is 6. The predicted octanol–water partition coefficient (Wildman–Crippen LogP) is 4.72. The van der Waals surface area contributed by atoms with Gasteiger partial charge in [-0.25, -0.2) is 0 Å². The van der Waals surface area contributed by atoms with Crippen LogP contribution in [0.5, 0.6) is 0 Å². The standard InChI is InChI=1S/C30H31F6N5O3.ClH/c31-29(32,33)21-11-19(12-22(14-21)30(34,35)36)28(44)41-10-9-39(17-26(42)40-7-5-18(6-8-40)27(37)43)16-23(41)13-20-15-38-25-4-2-1-3-24(20)25;/h1-4,11-12,14-15,18,23,38H,5-10,13,16-17H2,(H2,37,43);1H/t23-;/m1./s1. The molecular weight excluding hydrogens is 628 g/mol. The Morgan fingerprint density at radius 1 is 0.889 bits per heavy atom. The van der Waals surface area contributed by atoms with Crippen LogP contribution in [-0.4, -0.2) is 82.7 Å². The SMILES string of the molecule is Cl.NC(=O)C1CCN(C(=O)CN2CCN(C(=O)c3cc(C(F)(F)F)cc(C(F)(F)F)c3)[C@H](Cc3c[nH]c4ccccc34)C2)CC1. The van der Waals surface area contributed by atoms with E-state index in [1.165, 1.54) is 4.90 Å². The van der Waals surface area contributed by atoms with E-state index in [-0.39, 0.29) is 62.9 Å². The average molecular weight is 660 g/mol. The summed E-state index contributed by atoms with van der Waals surface area (Å²) >= 11 is 0. The minimum atomic E-state index is -5.09. The molecule has 3 heterocycles. The fourth-order valence-corrected chi connectivity index (χ4v) is 6.01. The Bertz CT molecular complexity index is 1520. The Hall–Kier alpha value is -3.78. The highest BCUT2D eigenvalue weighted by Gasteiger charge is 2.39. The molecule has 2 aliphatic heterocycles. The van der Waals surface area contributed by atoms with Crippen molar-refractivity contribution in [1.82, 2.24) is 19.7 Å². The van der Waals surface area contributed by atoms with E-state index < -0.39 is 46.9 Å². The molecule has 244 valence electrons. The molecule has 3 N–H and O–H groups in total. The average Bonchev–Trinajstić information content (AvgIpc) is 3.38. The van der Waals surface area contributed by atoms with Gasteiger partial charge < -0.3 is 20.5 Å². The molecule has 0 spiro atoms. The highest BCUT2D eigenvalue weighted by atomic mass is 35.5. The van der Waals surface area contributed by atoms with Crippen LogP contribution in [0.1, 0.15) is 39.9 Å². The van der Waals surface area contributed by atoms with Gasteiger partial charge in [0.1, 0.15) is 0 Å². The fourth-order valence-electron chi connectivity index (χ4n) is 6.01. The quantitative estimate of drug-likeness (QED) is 0.374. The van der Waals surface area contributed by atoms with Gasteiger partial charge in [-0.1, -0.05) is 18.2 Å². The third-order valence-corrected chi connectivity index (χ3v) is 8.40. The second-order valence-corrected chi connectivity index (χ2v) is 11.3. The lowest BCUT2D eigenvalue weighted by Crippen LogP contribution is -2.58. The Balaban J connectivity index is 0.00000461. The fraction of sp³-hybridized carbons (Fsp3) is 0.433. The van der Waals surface area contributed by atoms with Crippen LogP contribution in [0, 0.1) is 5.92 Å². The van der Waals surface area contributed by atoms with E-state index in [0.717, 1.165) is 16.5 Å². The van der Waals surface area contributed by atoms with E-state index in [0.29, 0.717) is 38.1 Å². The molecule has 3 aromatic rings. The zero-order valence-corrected chi connectivity index (χ0v) is 24.8. The van der Waals surface area contributed by atoms with E-state index >= 15 is 0 Å². The highest BCUT2D eigenvalue weighted by Crippen LogP contribution is 2.37. The zero-order chi connectivity index (χ0) is 31.8. The first-order chi connectivity index (χ1) is 20.7. The Kier molecular flexibility index (Phi) is 10.1. The number of carbonyl (C=O) groups is 3. The first-order valence-electron chi connectivity index (χ1n) is 14.2. The maximum atomic E-state index is 13.7. The van der Waals surface area contributed by atoms with E-state index in [1.54, 1.807) is 11.1 Å². The molecule has 2 aromatic carbocycles. The monoisotopic (exact) mass is 659 g/mol. The van der Waals surface area contributed by atoms with Gasteiger partial charge in [-0.2, -0.15) is 26.3 Å². The summed E-state index contributed by atoms with van der Waals surface area (Å²) in [6.45, 7) is 1.10. The van der Waals surface area contributed by atoms with Crippen molar-refractivity contribution >= 4 is 41.0 Å². The third kappa shape index (κ3) is 7.72. The van der Waals surface area contributed by atoms with E-state index in [1.807, 2.05) is 29.2 Å². The van der Waals surface area contributed by atoms with Crippen LogP contribution in [0.2, 0.25) is 0 Å². The van der Waals surface area contributed by atoms with Gasteiger partial charge in [0, 0.05) is 67.3 Å². The van der Waals surface area contributed by atoms with Crippen LogP contribution in [0.3, 0.4) is 0 Å². The molecule has 5 rings (SSSR count). The van der Waals surface area contributed by atoms with Crippen LogP contribution >= 0.6 is 12.4 Å². The van der Waals surface area contributed by atoms with Gasteiger partial charge in [0.2, 0.25) is 11.8 Å². The van der Waals surface area contributed by atoms with Gasteiger partial charge in [0.05, 0.1) is 17.7 Å². The summed E-state index contributed by atoms with van der Waals surface area (Å²) in [6.07, 6.45) is -7.26. The first-order valence-corrected chi connectivity index (χ1v) is 14.2. The lowest BCUT2D eigenvalue weighted by Gasteiger charge is -2.42. The number of piperidine rings is 1. The number of carbonyl (C=O) groups excluding carboxylic acids is 3. The number of benzene rings is 2. The molecule has 2 aliphatic rings. The second-order valence-electron chi connectivity index (χ2n) is 11.3. The summed E-state index contributed by atoms with van der Waals surface area (Å²) in [4.78, 5) is 46.2. The number of likely N-dealkylation sites (tertiary alicyclic amines) is 1. The molecule has 2 fully saturated rings. The largest absolute Gasteiger partial charge is 0.416 e. The molecule has 8 nitrogen and oxygen atoms in total. The van der Waals surface area contributed by atoms with Crippen LogP contribution in [0.15, 0.2) is 48.7 Å². The maximum absolute atomic E-state index is 13.7. The number of nitrogens with zero attached hydrogens (tertiary/aromatic N) is 3. The van der Waals surface area contributed by atoms with Crippen molar-refractivity contribution in [3.63, 3.8) is 0 Å². The number of hydrogen-bond acceptors (Lipinski definition) is 4. The number of H-pyrrole nitrogens is 1. The number of nitrogens with one attached hydrogen (secondary N) is 1. The summed E-state index contributed by atoms with van der Waals surface area (Å²) in [6, 6.07) is 7.63. The summed E-state index contributed by atoms with van der Waals surface area (Å²) in [7, 11) is 0. The Morgan fingerprint density at radius 2 is 1.51 bits per heavy atom. The maximum Gasteiger partial charge on any atom is 0.416 e. The van der Waals surface area contributed by atoms with Crippen molar-refractivity contribution in [2.75, 3.05) is 39.3 Å². The molecule has 0 unspecified atom stereocenters. The molecule has 0 bridgehead atoms. The molecule has 0 radical (unpaired) electrons. The van der Waals surface area contributed by atoms with Gasteiger partial charge in [-0.15, -0.1) is 12.4 Å². The van der Waals surface area contributed by atoms with Crippen LogP contribution < -0.4 is 5.73 Å². The van der Waals surface area contributed by atoms with Crippen LogP contribution in [0.25, 0.3) is 10.9 Å². The molecule has 45 heavy (non-hydrogen) atoms. The van der Waals surface area contributed by atoms with Crippen LogP contribution in [-0.2, 0) is 28.4 Å². The number of nitrogens with two attached hydrogens (primary N) is 1. The zero-order valence-electron chi connectivity index (χ0n) is 24.0. The van der Waals surface area contributed by atoms with Crippen molar-refractivity contribution in [2.24, 2.45) is 11.7 Å². The molecule has 1 atom stereocenters. The number of primary amides is 1. The number of para-hydroxylation sites is 1. The number of rotatable bonds is 6. The van der Waals surface area contributed by atoms with Gasteiger partial charge in [-0.05, 0) is 49.1 Å². The van der Waals surface area contributed by atoms with Crippen molar-refractivity contribution in [3.05, 3.63) is 70.9 Å². The third-order valence-electron chi connectivity index (χ3n) is 8.40. The lowest BCUT2D eigenvalue weighted by atomic mass is 9.96. The summed E-state index contributed by atoms with van der Waals surface area (Å²) in [5.41, 5.74) is 3.19. The van der Waals surface area contributed by atoms with Crippen molar-refractivity contribution in [2.45, 2.75) is 37.7 Å². The first kappa shape index (κ1) is 34.1. The topological polar surface area (TPSA) is 103 Å². The minimum absolute atomic E-state index is 0. The smallest absolute Gasteiger partial charge is 0.369 e. The van der Waals surface area contributed by atoms with Gasteiger partial charge in [0.25, 0.3) is 5.91 Å². The summed E-state index contributed by atoms with van der Waals surface area (Å²) in [5.74, 6) is -1.82. The predicted molar refractivity (Wildman–Crippen MR) is 155 cm³/mol. The second kappa shape index (κ2) is 13.3. The van der Waals surface area contributed by atoms with Crippen molar-refractivity contribution < 1.29 is 40.7 Å². The number of fused-ring (bicyclic) bond motifs is 1. The normalized spacial score (nSPS) is 18.6. The molecule has 15 heteroatoms. The number of aromatic amines is 1. The molecule has 1 aromatic heterocycles. The number of piperazine rings is 1. The minimum Gasteiger partial charge on any atom is -0.369 e. The molecule has 0 aliphatic carbocycles. The molecule has 3 amide bonds. The van der Waals surface area contributed by atoms with E-state index in [9.17, 15) is 40.7 Å². The lowest BCUT2D eigenvalue weighted by molar-refractivity contribution is -0.143. The number of amides is 3. The van der Waals surface area contributed by atoms with E-state index in [2.05, 4.69) is 4.98 Å².